The quantitative estimate of drug-likeness (QED) is 0.792. The molecule has 0 saturated carbocycles. The average Bonchev–Trinajstić information content (AvgIpc) is 2.63. The highest BCUT2D eigenvalue weighted by Gasteiger charge is 2.19. The van der Waals surface area contributed by atoms with Crippen molar-refractivity contribution in [2.45, 2.75) is 37.6 Å². The Morgan fingerprint density at radius 2 is 2.06 bits per heavy atom. The van der Waals surface area contributed by atoms with E-state index in [0.717, 1.165) is 13.0 Å². The second kappa shape index (κ2) is 4.30. The van der Waals surface area contributed by atoms with E-state index in [1.165, 1.54) is 16.1 Å². The molecule has 0 unspecified atom stereocenters. The molecule has 0 saturated heterocycles. The summed E-state index contributed by atoms with van der Waals surface area (Å²) in [5, 5.41) is 3.39. The van der Waals surface area contributed by atoms with Crippen LogP contribution in [0.25, 0.3) is 0 Å². The Bertz CT molecular complexity index is 382. The van der Waals surface area contributed by atoms with Crippen LogP contribution >= 0.6 is 11.9 Å². The number of nitrogens with one attached hydrogen (secondary N) is 1. The summed E-state index contributed by atoms with van der Waals surface area (Å²) in [5.41, 5.74) is 2.96. The van der Waals surface area contributed by atoms with Crippen molar-refractivity contribution < 1.29 is 0 Å². The van der Waals surface area contributed by atoms with Crippen LogP contribution in [0.1, 0.15) is 26.3 Å². The molecule has 88 valence electrons. The van der Waals surface area contributed by atoms with E-state index >= 15 is 0 Å². The van der Waals surface area contributed by atoms with E-state index in [0.29, 0.717) is 0 Å². The van der Waals surface area contributed by atoms with Crippen LogP contribution in [-0.2, 0) is 6.42 Å². The summed E-state index contributed by atoms with van der Waals surface area (Å²) in [4.78, 5) is 1.33. The van der Waals surface area contributed by atoms with Crippen LogP contribution in [0.2, 0.25) is 0 Å². The fraction of sp³-hybridized carbons (Fsp3) is 0.538. The lowest BCUT2D eigenvalue weighted by atomic mass is 10.1. The minimum Gasteiger partial charge on any atom is -0.384 e. The van der Waals surface area contributed by atoms with Gasteiger partial charge in [-0.15, -0.1) is 0 Å². The van der Waals surface area contributed by atoms with Gasteiger partial charge >= 0.3 is 0 Å². The monoisotopic (exact) mass is 236 g/mol. The standard InChI is InChI=1S/C13H20N2S/c1-13(2,3)15(4)16-11-5-6-12-10(9-11)7-8-14-12/h5-6,9,14H,7-8H2,1-4H3. The van der Waals surface area contributed by atoms with Crippen molar-refractivity contribution in [2.75, 3.05) is 18.9 Å². The zero-order chi connectivity index (χ0) is 11.8. The smallest absolute Gasteiger partial charge is 0.0374 e. The third kappa shape index (κ3) is 2.53. The summed E-state index contributed by atoms with van der Waals surface area (Å²) in [6.07, 6.45) is 1.16. The van der Waals surface area contributed by atoms with Gasteiger partial charge in [0, 0.05) is 22.7 Å². The molecule has 0 spiro atoms. The van der Waals surface area contributed by atoms with E-state index < -0.39 is 0 Å². The molecule has 0 atom stereocenters. The summed E-state index contributed by atoms with van der Waals surface area (Å²) in [5.74, 6) is 0. The molecule has 1 aromatic carbocycles. The van der Waals surface area contributed by atoms with Gasteiger partial charge in [0.2, 0.25) is 0 Å². The highest BCUT2D eigenvalue weighted by atomic mass is 32.2. The van der Waals surface area contributed by atoms with Gasteiger partial charge in [0.25, 0.3) is 0 Å². The number of fused-ring (bicyclic) bond motifs is 1. The van der Waals surface area contributed by atoms with Gasteiger partial charge in [0.15, 0.2) is 0 Å². The van der Waals surface area contributed by atoms with E-state index in [1.54, 1.807) is 0 Å². The number of anilines is 1. The summed E-state index contributed by atoms with van der Waals surface area (Å²) in [7, 11) is 2.15. The first kappa shape index (κ1) is 11.8. The second-order valence-electron chi connectivity index (χ2n) is 5.26. The first-order chi connectivity index (χ1) is 7.47. The van der Waals surface area contributed by atoms with Crippen molar-refractivity contribution in [3.8, 4) is 0 Å². The maximum Gasteiger partial charge on any atom is 0.0374 e. The summed E-state index contributed by atoms with van der Waals surface area (Å²) in [6, 6.07) is 6.70. The normalized spacial score (nSPS) is 15.1. The number of benzene rings is 1. The molecule has 0 aromatic heterocycles. The molecule has 0 aliphatic carbocycles. The zero-order valence-electron chi connectivity index (χ0n) is 10.5. The lowest BCUT2D eigenvalue weighted by Gasteiger charge is -2.30. The number of hydrogen-bond acceptors (Lipinski definition) is 3. The Hall–Kier alpha value is -0.670. The highest BCUT2D eigenvalue weighted by molar-refractivity contribution is 7.97. The van der Waals surface area contributed by atoms with E-state index in [4.69, 9.17) is 0 Å². The van der Waals surface area contributed by atoms with Crippen LogP contribution in [0.4, 0.5) is 5.69 Å². The fourth-order valence-electron chi connectivity index (χ4n) is 1.63. The first-order valence-electron chi connectivity index (χ1n) is 5.75. The molecule has 1 aliphatic rings. The lowest BCUT2D eigenvalue weighted by molar-refractivity contribution is 0.319. The van der Waals surface area contributed by atoms with E-state index in [9.17, 15) is 0 Å². The topological polar surface area (TPSA) is 15.3 Å². The Morgan fingerprint density at radius 1 is 1.31 bits per heavy atom. The third-order valence-corrected chi connectivity index (χ3v) is 4.26. The zero-order valence-corrected chi connectivity index (χ0v) is 11.3. The molecule has 2 rings (SSSR count). The Balaban J connectivity index is 2.11. The fourth-order valence-corrected chi connectivity index (χ4v) is 2.55. The number of rotatable bonds is 2. The molecule has 0 bridgehead atoms. The van der Waals surface area contributed by atoms with Gasteiger partial charge in [-0.05, 0) is 70.0 Å². The van der Waals surface area contributed by atoms with Crippen LogP contribution in [0.3, 0.4) is 0 Å². The van der Waals surface area contributed by atoms with Crippen molar-refractivity contribution in [1.82, 2.24) is 4.31 Å². The van der Waals surface area contributed by atoms with Gasteiger partial charge < -0.3 is 5.32 Å². The van der Waals surface area contributed by atoms with Crippen LogP contribution in [0.5, 0.6) is 0 Å². The van der Waals surface area contributed by atoms with E-state index in [-0.39, 0.29) is 5.54 Å². The van der Waals surface area contributed by atoms with Crippen molar-refractivity contribution in [3.05, 3.63) is 23.8 Å². The van der Waals surface area contributed by atoms with E-state index in [1.807, 2.05) is 11.9 Å². The van der Waals surface area contributed by atoms with Gasteiger partial charge in [0.05, 0.1) is 0 Å². The van der Waals surface area contributed by atoms with Crippen LogP contribution in [0, 0.1) is 0 Å². The second-order valence-corrected chi connectivity index (χ2v) is 6.46. The molecule has 1 heterocycles. The molecule has 1 aromatic rings. The van der Waals surface area contributed by atoms with Gasteiger partial charge in [-0.3, -0.25) is 0 Å². The molecule has 16 heavy (non-hydrogen) atoms. The maximum atomic E-state index is 3.39. The minimum absolute atomic E-state index is 0.196. The summed E-state index contributed by atoms with van der Waals surface area (Å²) >= 11 is 1.82. The molecular weight excluding hydrogens is 216 g/mol. The lowest BCUT2D eigenvalue weighted by Crippen LogP contribution is -2.32. The molecule has 1 N–H and O–H groups in total. The molecule has 2 nitrogen and oxygen atoms in total. The molecular formula is C13H20N2S. The predicted molar refractivity (Wildman–Crippen MR) is 72.0 cm³/mol. The number of hydrogen-bond donors (Lipinski definition) is 1. The maximum absolute atomic E-state index is 3.39. The van der Waals surface area contributed by atoms with Gasteiger partial charge in [-0.25, -0.2) is 4.31 Å². The Kier molecular flexibility index (Phi) is 3.17. The van der Waals surface area contributed by atoms with Crippen molar-refractivity contribution >= 4 is 17.6 Å². The van der Waals surface area contributed by atoms with Gasteiger partial charge in [0.1, 0.15) is 0 Å². The Labute approximate surface area is 103 Å². The summed E-state index contributed by atoms with van der Waals surface area (Å²) in [6.45, 7) is 7.78. The van der Waals surface area contributed by atoms with Crippen molar-refractivity contribution in [2.24, 2.45) is 0 Å². The molecule has 0 radical (unpaired) electrons. The SMILES string of the molecule is CN(Sc1ccc2c(c1)CCN2)C(C)(C)C. The van der Waals surface area contributed by atoms with Crippen LogP contribution in [-0.4, -0.2) is 23.4 Å². The molecule has 0 amide bonds. The molecule has 0 fully saturated rings. The first-order valence-corrected chi connectivity index (χ1v) is 6.53. The van der Waals surface area contributed by atoms with Crippen molar-refractivity contribution in [3.63, 3.8) is 0 Å². The largest absolute Gasteiger partial charge is 0.384 e. The van der Waals surface area contributed by atoms with Crippen LogP contribution < -0.4 is 5.32 Å². The highest BCUT2D eigenvalue weighted by Crippen LogP contribution is 2.32. The summed E-state index contributed by atoms with van der Waals surface area (Å²) < 4.78 is 2.30. The van der Waals surface area contributed by atoms with Crippen LogP contribution in [0.15, 0.2) is 23.1 Å². The van der Waals surface area contributed by atoms with Gasteiger partial charge in [-0.2, -0.15) is 0 Å². The third-order valence-electron chi connectivity index (χ3n) is 2.97. The number of nitrogens with zero attached hydrogens (tertiary/aromatic N) is 1. The van der Waals surface area contributed by atoms with E-state index in [2.05, 4.69) is 55.6 Å². The minimum atomic E-state index is 0.196. The molecule has 3 heteroatoms. The predicted octanol–water partition coefficient (Wildman–Crippen LogP) is 3.39. The van der Waals surface area contributed by atoms with Gasteiger partial charge in [-0.1, -0.05) is 0 Å². The Morgan fingerprint density at radius 3 is 2.75 bits per heavy atom. The molecule has 1 aliphatic heterocycles. The van der Waals surface area contributed by atoms with Crippen molar-refractivity contribution in [1.29, 1.82) is 0 Å². The average molecular weight is 236 g/mol.